The second-order valence-electron chi connectivity index (χ2n) is 3.82. The van der Waals surface area contributed by atoms with Gasteiger partial charge in [-0.2, -0.15) is 0 Å². The van der Waals surface area contributed by atoms with Crippen LogP contribution in [0.5, 0.6) is 0 Å². The molecule has 78 valence electrons. The summed E-state index contributed by atoms with van der Waals surface area (Å²) in [6, 6.07) is 0. The van der Waals surface area contributed by atoms with Gasteiger partial charge in [0.2, 0.25) is 0 Å². The molecular formula is C10H17N3S. The first-order valence-electron chi connectivity index (χ1n) is 5.23. The minimum Gasteiger partial charge on any atom is -0.316 e. The number of aromatic nitrogens is 1. The van der Waals surface area contributed by atoms with Crippen molar-refractivity contribution in [1.29, 1.82) is 0 Å². The molecule has 14 heavy (non-hydrogen) atoms. The van der Waals surface area contributed by atoms with Gasteiger partial charge in [-0.05, 0) is 38.4 Å². The van der Waals surface area contributed by atoms with Crippen LogP contribution in [0.2, 0.25) is 0 Å². The second-order valence-corrected chi connectivity index (χ2v) is 4.54. The van der Waals surface area contributed by atoms with Gasteiger partial charge in [0.25, 0.3) is 0 Å². The Kier molecular flexibility index (Phi) is 3.91. The first-order chi connectivity index (χ1) is 6.95. The van der Waals surface area contributed by atoms with E-state index in [1.165, 1.54) is 31.6 Å². The number of thiazole rings is 1. The standard InChI is InChI=1S/C10H17N3S/c1-2-9(4-11-3-1)5-12-6-10-7-14-8-13-10/h7-9,11-12H,1-6H2. The van der Waals surface area contributed by atoms with Crippen molar-refractivity contribution in [2.24, 2.45) is 5.92 Å². The maximum atomic E-state index is 4.24. The fourth-order valence-electron chi connectivity index (χ4n) is 1.83. The van der Waals surface area contributed by atoms with Crippen LogP contribution in [-0.2, 0) is 6.54 Å². The van der Waals surface area contributed by atoms with Crippen LogP contribution >= 0.6 is 11.3 Å². The van der Waals surface area contributed by atoms with E-state index in [2.05, 4.69) is 21.0 Å². The Bertz CT molecular complexity index is 242. The predicted molar refractivity (Wildman–Crippen MR) is 59.4 cm³/mol. The van der Waals surface area contributed by atoms with E-state index < -0.39 is 0 Å². The summed E-state index contributed by atoms with van der Waals surface area (Å²) >= 11 is 1.66. The van der Waals surface area contributed by atoms with Crippen LogP contribution in [0.1, 0.15) is 18.5 Å². The Balaban J connectivity index is 1.62. The molecule has 3 nitrogen and oxygen atoms in total. The van der Waals surface area contributed by atoms with Crippen LogP contribution in [0, 0.1) is 5.92 Å². The van der Waals surface area contributed by atoms with Gasteiger partial charge in [-0.15, -0.1) is 11.3 Å². The third-order valence-corrected chi connectivity index (χ3v) is 3.26. The highest BCUT2D eigenvalue weighted by Gasteiger charge is 2.11. The molecule has 0 amide bonds. The molecule has 0 saturated carbocycles. The summed E-state index contributed by atoms with van der Waals surface area (Å²) in [5.74, 6) is 0.808. The van der Waals surface area contributed by atoms with Crippen molar-refractivity contribution in [1.82, 2.24) is 15.6 Å². The monoisotopic (exact) mass is 211 g/mol. The van der Waals surface area contributed by atoms with E-state index in [9.17, 15) is 0 Å². The van der Waals surface area contributed by atoms with Crippen LogP contribution in [0.15, 0.2) is 10.9 Å². The minimum absolute atomic E-state index is 0.808. The molecule has 1 saturated heterocycles. The van der Waals surface area contributed by atoms with E-state index in [-0.39, 0.29) is 0 Å². The molecule has 0 spiro atoms. The SMILES string of the molecule is c1nc(CNCC2CCCNC2)cs1. The lowest BCUT2D eigenvalue weighted by atomic mass is 10.00. The van der Waals surface area contributed by atoms with E-state index in [0.29, 0.717) is 0 Å². The Labute approximate surface area is 88.9 Å². The molecular weight excluding hydrogens is 194 g/mol. The lowest BCUT2D eigenvalue weighted by molar-refractivity contribution is 0.359. The van der Waals surface area contributed by atoms with Crippen LogP contribution < -0.4 is 10.6 Å². The van der Waals surface area contributed by atoms with Crippen molar-refractivity contribution in [3.8, 4) is 0 Å². The largest absolute Gasteiger partial charge is 0.316 e. The average Bonchev–Trinajstić information content (AvgIpc) is 2.72. The van der Waals surface area contributed by atoms with Gasteiger partial charge in [0.05, 0.1) is 11.2 Å². The van der Waals surface area contributed by atoms with Crippen molar-refractivity contribution in [2.75, 3.05) is 19.6 Å². The molecule has 0 bridgehead atoms. The molecule has 0 aromatic carbocycles. The summed E-state index contributed by atoms with van der Waals surface area (Å²) < 4.78 is 0. The fraction of sp³-hybridized carbons (Fsp3) is 0.700. The van der Waals surface area contributed by atoms with Gasteiger partial charge < -0.3 is 10.6 Å². The zero-order valence-corrected chi connectivity index (χ0v) is 9.15. The van der Waals surface area contributed by atoms with E-state index in [1.54, 1.807) is 11.3 Å². The van der Waals surface area contributed by atoms with Crippen LogP contribution in [0.4, 0.5) is 0 Å². The van der Waals surface area contributed by atoms with Crippen LogP contribution in [0.3, 0.4) is 0 Å². The molecule has 2 rings (SSSR count). The third-order valence-electron chi connectivity index (χ3n) is 2.62. The first-order valence-corrected chi connectivity index (χ1v) is 6.18. The van der Waals surface area contributed by atoms with Gasteiger partial charge in [0.15, 0.2) is 0 Å². The summed E-state index contributed by atoms with van der Waals surface area (Å²) in [4.78, 5) is 4.24. The van der Waals surface area contributed by atoms with Gasteiger partial charge in [0.1, 0.15) is 0 Å². The molecule has 1 fully saturated rings. The highest BCUT2D eigenvalue weighted by Crippen LogP contribution is 2.08. The number of piperidine rings is 1. The summed E-state index contributed by atoms with van der Waals surface area (Å²) in [7, 11) is 0. The van der Waals surface area contributed by atoms with Gasteiger partial charge >= 0.3 is 0 Å². The highest BCUT2D eigenvalue weighted by molar-refractivity contribution is 7.07. The number of nitrogens with zero attached hydrogens (tertiary/aromatic N) is 1. The topological polar surface area (TPSA) is 37.0 Å². The van der Waals surface area contributed by atoms with Crippen molar-refractivity contribution >= 4 is 11.3 Å². The molecule has 4 heteroatoms. The summed E-state index contributed by atoms with van der Waals surface area (Å²) in [5, 5.41) is 8.99. The summed E-state index contributed by atoms with van der Waals surface area (Å²) in [6.07, 6.45) is 2.68. The fourth-order valence-corrected chi connectivity index (χ4v) is 2.39. The molecule has 0 aliphatic carbocycles. The van der Waals surface area contributed by atoms with Crippen molar-refractivity contribution < 1.29 is 0 Å². The molecule has 1 atom stereocenters. The molecule has 2 N–H and O–H groups in total. The van der Waals surface area contributed by atoms with E-state index in [4.69, 9.17) is 0 Å². The normalized spacial score (nSPS) is 22.4. The summed E-state index contributed by atoms with van der Waals surface area (Å²) in [5.41, 5.74) is 3.05. The Hall–Kier alpha value is -0.450. The predicted octanol–water partition coefficient (Wildman–Crippen LogP) is 1.23. The van der Waals surface area contributed by atoms with Crippen molar-refractivity contribution in [2.45, 2.75) is 19.4 Å². The zero-order valence-electron chi connectivity index (χ0n) is 8.33. The average molecular weight is 211 g/mol. The smallest absolute Gasteiger partial charge is 0.0795 e. The van der Waals surface area contributed by atoms with Gasteiger partial charge in [-0.3, -0.25) is 0 Å². The molecule has 1 aromatic rings. The highest BCUT2D eigenvalue weighted by atomic mass is 32.1. The molecule has 0 radical (unpaired) electrons. The van der Waals surface area contributed by atoms with Gasteiger partial charge in [0, 0.05) is 11.9 Å². The minimum atomic E-state index is 0.808. The Morgan fingerprint density at radius 1 is 1.64 bits per heavy atom. The van der Waals surface area contributed by atoms with E-state index >= 15 is 0 Å². The Morgan fingerprint density at radius 3 is 3.36 bits per heavy atom. The first kappa shape index (κ1) is 10.1. The number of rotatable bonds is 4. The number of hydrogen-bond donors (Lipinski definition) is 2. The molecule has 1 aliphatic rings. The molecule has 1 aromatic heterocycles. The molecule has 1 aliphatic heterocycles. The zero-order chi connectivity index (χ0) is 9.64. The molecule has 1 unspecified atom stereocenters. The third kappa shape index (κ3) is 3.04. The quantitative estimate of drug-likeness (QED) is 0.786. The van der Waals surface area contributed by atoms with Gasteiger partial charge in [-0.1, -0.05) is 0 Å². The van der Waals surface area contributed by atoms with Gasteiger partial charge in [-0.25, -0.2) is 4.98 Å². The molecule has 2 heterocycles. The number of nitrogens with one attached hydrogen (secondary N) is 2. The van der Waals surface area contributed by atoms with Crippen molar-refractivity contribution in [3.63, 3.8) is 0 Å². The van der Waals surface area contributed by atoms with Crippen molar-refractivity contribution in [3.05, 3.63) is 16.6 Å². The van der Waals surface area contributed by atoms with E-state index in [1.807, 2.05) is 5.51 Å². The number of hydrogen-bond acceptors (Lipinski definition) is 4. The lowest BCUT2D eigenvalue weighted by Gasteiger charge is -2.22. The maximum absolute atomic E-state index is 4.24. The maximum Gasteiger partial charge on any atom is 0.0795 e. The second kappa shape index (κ2) is 5.44. The summed E-state index contributed by atoms with van der Waals surface area (Å²) in [6.45, 7) is 4.40. The Morgan fingerprint density at radius 2 is 2.64 bits per heavy atom. The van der Waals surface area contributed by atoms with Crippen LogP contribution in [0.25, 0.3) is 0 Å². The lowest BCUT2D eigenvalue weighted by Crippen LogP contribution is -2.35. The van der Waals surface area contributed by atoms with Crippen LogP contribution in [-0.4, -0.2) is 24.6 Å². The van der Waals surface area contributed by atoms with E-state index in [0.717, 1.165) is 19.0 Å².